The maximum absolute atomic E-state index is 2.60. The molecule has 0 atom stereocenters. The molecular formula is C71H43N. The summed E-state index contributed by atoms with van der Waals surface area (Å²) in [6.07, 6.45) is 0. The van der Waals surface area contributed by atoms with Crippen LogP contribution in [0.2, 0.25) is 0 Å². The van der Waals surface area contributed by atoms with Crippen molar-refractivity contribution < 1.29 is 0 Å². The summed E-state index contributed by atoms with van der Waals surface area (Å²) in [5.41, 5.74) is 15.7. The summed E-state index contributed by atoms with van der Waals surface area (Å²) in [6.45, 7) is 0. The highest BCUT2D eigenvalue weighted by atomic mass is 15.1. The normalized spacial score (nSPS) is 13.1. The fourth-order valence-electron chi connectivity index (χ4n) is 13.4. The van der Waals surface area contributed by atoms with Crippen LogP contribution in [-0.4, -0.2) is 0 Å². The first-order valence-corrected chi connectivity index (χ1v) is 25.2. The molecule has 332 valence electrons. The third-order valence-corrected chi connectivity index (χ3v) is 16.4. The molecule has 0 heterocycles. The standard InChI is InChI=1S/C71H43N/c1-3-19-49-44(17-1)33-34-46-39-47(35-37-51(46)49)72(48-36-38-58-55-24-7-6-22-53(55)54-23-8-10-26-57(54)63(58)41-48)70-43-69-64(42-65(70)62-40-45-18-2-4-20-50(45)52-21-5-9-25-56(52)62)61-29-13-16-32-68(61)71(69)66-30-14-11-27-59(66)60-28-12-15-31-67(60)71/h1-43H. The molecule has 0 unspecified atom stereocenters. The molecule has 14 aromatic carbocycles. The Labute approximate surface area is 417 Å². The van der Waals surface area contributed by atoms with E-state index in [1.807, 2.05) is 0 Å². The molecule has 2 aliphatic carbocycles. The Morgan fingerprint density at radius 3 is 1.24 bits per heavy atom. The van der Waals surface area contributed by atoms with Crippen LogP contribution in [0, 0.1) is 0 Å². The van der Waals surface area contributed by atoms with E-state index in [0.29, 0.717) is 0 Å². The molecule has 16 rings (SSSR count). The summed E-state index contributed by atoms with van der Waals surface area (Å²) in [4.78, 5) is 2.58. The van der Waals surface area contributed by atoms with Gasteiger partial charge < -0.3 is 4.90 Å². The number of fused-ring (bicyclic) bond motifs is 22. The first kappa shape index (κ1) is 39.5. The number of rotatable bonds is 4. The average molecular weight is 910 g/mol. The molecule has 1 heteroatoms. The summed E-state index contributed by atoms with van der Waals surface area (Å²) in [5, 5.41) is 17.5. The topological polar surface area (TPSA) is 3.24 Å². The third-order valence-electron chi connectivity index (χ3n) is 16.4. The quantitative estimate of drug-likeness (QED) is 0.159. The first-order chi connectivity index (χ1) is 35.7. The van der Waals surface area contributed by atoms with E-state index in [1.54, 1.807) is 0 Å². The zero-order chi connectivity index (χ0) is 47.1. The van der Waals surface area contributed by atoms with Gasteiger partial charge in [0, 0.05) is 16.9 Å². The van der Waals surface area contributed by atoms with Crippen LogP contribution in [0.3, 0.4) is 0 Å². The lowest BCUT2D eigenvalue weighted by Gasteiger charge is -2.33. The van der Waals surface area contributed by atoms with E-state index in [1.165, 1.54) is 131 Å². The van der Waals surface area contributed by atoms with Gasteiger partial charge >= 0.3 is 0 Å². The van der Waals surface area contributed by atoms with Gasteiger partial charge in [0.25, 0.3) is 0 Å². The molecule has 1 nitrogen and oxygen atoms in total. The lowest BCUT2D eigenvalue weighted by atomic mass is 9.70. The minimum atomic E-state index is -0.537. The van der Waals surface area contributed by atoms with Crippen molar-refractivity contribution in [2.75, 3.05) is 4.90 Å². The van der Waals surface area contributed by atoms with Crippen LogP contribution < -0.4 is 4.90 Å². The van der Waals surface area contributed by atoms with E-state index >= 15 is 0 Å². The second kappa shape index (κ2) is 14.9. The molecule has 0 amide bonds. The summed E-state index contributed by atoms with van der Waals surface area (Å²) >= 11 is 0. The van der Waals surface area contributed by atoms with Crippen LogP contribution >= 0.6 is 0 Å². The van der Waals surface area contributed by atoms with Gasteiger partial charge in [-0.15, -0.1) is 0 Å². The van der Waals surface area contributed by atoms with Crippen molar-refractivity contribution >= 4 is 92.5 Å². The van der Waals surface area contributed by atoms with Crippen molar-refractivity contribution in [2.24, 2.45) is 0 Å². The van der Waals surface area contributed by atoms with Crippen molar-refractivity contribution in [1.82, 2.24) is 0 Å². The molecular weight excluding hydrogens is 867 g/mol. The Morgan fingerprint density at radius 1 is 0.208 bits per heavy atom. The summed E-state index contributed by atoms with van der Waals surface area (Å²) in [5.74, 6) is 0. The molecule has 0 bridgehead atoms. The van der Waals surface area contributed by atoms with E-state index in [4.69, 9.17) is 0 Å². The Balaban J connectivity index is 1.08. The van der Waals surface area contributed by atoms with Gasteiger partial charge in [-0.1, -0.05) is 218 Å². The molecule has 0 radical (unpaired) electrons. The highest BCUT2D eigenvalue weighted by molar-refractivity contribution is 6.26. The van der Waals surface area contributed by atoms with Gasteiger partial charge in [0.05, 0.1) is 11.1 Å². The third kappa shape index (κ3) is 5.32. The molecule has 0 N–H and O–H groups in total. The predicted octanol–water partition coefficient (Wildman–Crippen LogP) is 19.2. The number of benzene rings is 14. The van der Waals surface area contributed by atoms with Gasteiger partial charge in [-0.25, -0.2) is 0 Å². The van der Waals surface area contributed by atoms with Gasteiger partial charge in [-0.3, -0.25) is 0 Å². The fraction of sp³-hybridized carbons (Fsp3) is 0.0141. The monoisotopic (exact) mass is 909 g/mol. The summed E-state index contributed by atoms with van der Waals surface area (Å²) in [6, 6.07) is 98.5. The van der Waals surface area contributed by atoms with Crippen molar-refractivity contribution in [1.29, 1.82) is 0 Å². The predicted molar refractivity (Wildman–Crippen MR) is 305 cm³/mol. The molecule has 0 aromatic heterocycles. The number of hydrogen-bond acceptors (Lipinski definition) is 1. The van der Waals surface area contributed by atoms with Crippen molar-refractivity contribution in [3.63, 3.8) is 0 Å². The molecule has 72 heavy (non-hydrogen) atoms. The highest BCUT2D eigenvalue weighted by Crippen LogP contribution is 2.64. The van der Waals surface area contributed by atoms with Crippen LogP contribution in [0.25, 0.3) is 109 Å². The minimum absolute atomic E-state index is 0.537. The second-order valence-corrected chi connectivity index (χ2v) is 19.8. The molecule has 2 aliphatic rings. The SMILES string of the molecule is c1ccc2c(c1)-c1ccccc1C21c2ccccc2-c2cc(-c3cc4ccccc4c4ccccc34)c(N(c3ccc4c(ccc5ccccc54)c3)c3ccc4c5ccccc5c5ccccc5c4c3)cc21. The molecule has 14 aromatic rings. The van der Waals surface area contributed by atoms with Crippen LogP contribution in [0.5, 0.6) is 0 Å². The molecule has 0 saturated carbocycles. The number of nitrogens with zero attached hydrogens (tertiary/aromatic N) is 1. The van der Waals surface area contributed by atoms with Gasteiger partial charge in [0.15, 0.2) is 0 Å². The Bertz CT molecular complexity index is 4570. The van der Waals surface area contributed by atoms with Crippen molar-refractivity contribution in [3.05, 3.63) is 283 Å². The molecule has 0 fully saturated rings. The molecule has 0 saturated heterocycles. The first-order valence-electron chi connectivity index (χ1n) is 25.2. The van der Waals surface area contributed by atoms with E-state index < -0.39 is 5.41 Å². The smallest absolute Gasteiger partial charge is 0.0726 e. The van der Waals surface area contributed by atoms with Gasteiger partial charge in [-0.2, -0.15) is 0 Å². The zero-order valence-electron chi connectivity index (χ0n) is 39.3. The maximum Gasteiger partial charge on any atom is 0.0726 e. The van der Waals surface area contributed by atoms with E-state index in [2.05, 4.69) is 266 Å². The van der Waals surface area contributed by atoms with Crippen LogP contribution in [-0.2, 0) is 5.41 Å². The molecule has 1 spiro atoms. The lowest BCUT2D eigenvalue weighted by Crippen LogP contribution is -2.26. The Morgan fingerprint density at radius 2 is 0.611 bits per heavy atom. The van der Waals surface area contributed by atoms with Gasteiger partial charge in [-0.05, 0) is 168 Å². The minimum Gasteiger partial charge on any atom is -0.310 e. The zero-order valence-corrected chi connectivity index (χ0v) is 39.3. The fourth-order valence-corrected chi connectivity index (χ4v) is 13.4. The largest absolute Gasteiger partial charge is 0.310 e. The average Bonchev–Trinajstić information content (AvgIpc) is 3.92. The Hall–Kier alpha value is -9.30. The van der Waals surface area contributed by atoms with Crippen molar-refractivity contribution in [2.45, 2.75) is 5.41 Å². The number of hydrogen-bond donors (Lipinski definition) is 0. The van der Waals surface area contributed by atoms with E-state index in [9.17, 15) is 0 Å². The van der Waals surface area contributed by atoms with Crippen LogP contribution in [0.1, 0.15) is 22.3 Å². The van der Waals surface area contributed by atoms with Crippen molar-refractivity contribution in [3.8, 4) is 33.4 Å². The van der Waals surface area contributed by atoms with Crippen LogP contribution in [0.4, 0.5) is 17.1 Å². The lowest BCUT2D eigenvalue weighted by molar-refractivity contribution is 0.794. The van der Waals surface area contributed by atoms with E-state index in [-0.39, 0.29) is 0 Å². The van der Waals surface area contributed by atoms with Gasteiger partial charge in [0.1, 0.15) is 0 Å². The van der Waals surface area contributed by atoms with Gasteiger partial charge in [0.2, 0.25) is 0 Å². The van der Waals surface area contributed by atoms with Crippen LogP contribution in [0.15, 0.2) is 261 Å². The maximum atomic E-state index is 2.60. The van der Waals surface area contributed by atoms with E-state index in [0.717, 1.165) is 17.1 Å². The summed E-state index contributed by atoms with van der Waals surface area (Å²) < 4.78 is 0. The molecule has 0 aliphatic heterocycles. The number of anilines is 3. The Kier molecular flexibility index (Phi) is 8.16. The second-order valence-electron chi connectivity index (χ2n) is 19.8. The summed E-state index contributed by atoms with van der Waals surface area (Å²) in [7, 11) is 0. The highest BCUT2D eigenvalue weighted by Gasteiger charge is 2.52.